The van der Waals surface area contributed by atoms with Crippen molar-refractivity contribution in [2.45, 2.75) is 25.6 Å². The molecular formula is C17H17Cl2N5O. The van der Waals surface area contributed by atoms with Crippen LogP contribution in [0.4, 0.5) is 5.82 Å². The number of aromatic nitrogens is 4. The van der Waals surface area contributed by atoms with Crippen LogP contribution in [0.1, 0.15) is 18.4 Å². The van der Waals surface area contributed by atoms with Gasteiger partial charge in [-0.3, -0.25) is 5.10 Å². The lowest BCUT2D eigenvalue weighted by Gasteiger charge is -2.32. The van der Waals surface area contributed by atoms with Crippen LogP contribution in [-0.4, -0.2) is 39.4 Å². The number of ether oxygens (including phenoxy) is 1. The number of hydrogen-bond acceptors (Lipinski definition) is 5. The van der Waals surface area contributed by atoms with Gasteiger partial charge in [0.25, 0.3) is 0 Å². The molecule has 0 unspecified atom stereocenters. The molecule has 0 atom stereocenters. The Hall–Kier alpha value is -1.89. The first kappa shape index (κ1) is 16.6. The first-order valence-corrected chi connectivity index (χ1v) is 8.91. The van der Waals surface area contributed by atoms with E-state index in [1.807, 2.05) is 12.1 Å². The van der Waals surface area contributed by atoms with E-state index in [0.29, 0.717) is 16.7 Å². The second-order valence-electron chi connectivity index (χ2n) is 6.08. The monoisotopic (exact) mass is 377 g/mol. The van der Waals surface area contributed by atoms with Gasteiger partial charge in [-0.25, -0.2) is 9.97 Å². The van der Waals surface area contributed by atoms with Crippen LogP contribution in [0.5, 0.6) is 0 Å². The highest BCUT2D eigenvalue weighted by molar-refractivity contribution is 6.42. The summed E-state index contributed by atoms with van der Waals surface area (Å²) < 4.78 is 6.04. The van der Waals surface area contributed by atoms with Crippen molar-refractivity contribution in [3.8, 4) is 0 Å². The molecule has 0 bridgehead atoms. The minimum absolute atomic E-state index is 0.229. The molecule has 0 saturated carbocycles. The van der Waals surface area contributed by atoms with E-state index in [9.17, 15) is 0 Å². The molecule has 8 heteroatoms. The molecule has 1 aromatic carbocycles. The predicted molar refractivity (Wildman–Crippen MR) is 98.2 cm³/mol. The van der Waals surface area contributed by atoms with Crippen LogP contribution in [-0.2, 0) is 11.3 Å². The van der Waals surface area contributed by atoms with Gasteiger partial charge in [0.1, 0.15) is 12.1 Å². The Morgan fingerprint density at radius 1 is 1.16 bits per heavy atom. The number of halogens is 2. The summed E-state index contributed by atoms with van der Waals surface area (Å²) in [7, 11) is 0. The molecule has 0 aliphatic carbocycles. The highest BCUT2D eigenvalue weighted by atomic mass is 35.5. The van der Waals surface area contributed by atoms with Gasteiger partial charge in [0.2, 0.25) is 0 Å². The fourth-order valence-corrected chi connectivity index (χ4v) is 3.40. The Morgan fingerprint density at radius 3 is 2.80 bits per heavy atom. The van der Waals surface area contributed by atoms with Gasteiger partial charge < -0.3 is 9.64 Å². The average Bonchev–Trinajstić information content (AvgIpc) is 3.12. The van der Waals surface area contributed by atoms with Gasteiger partial charge in [-0.15, -0.1) is 0 Å². The van der Waals surface area contributed by atoms with E-state index in [4.69, 9.17) is 27.9 Å². The number of fused-ring (bicyclic) bond motifs is 1. The standard InChI is InChI=1S/C17H17Cl2N5O/c18-14-2-1-11(7-15(14)19)9-25-12-3-5-24(6-4-12)17-13-8-22-23-16(13)20-10-21-17/h1-2,7-8,10,12H,3-6,9H2,(H,20,21,22,23). The van der Waals surface area contributed by atoms with Crippen molar-refractivity contribution in [1.29, 1.82) is 0 Å². The third-order valence-corrected chi connectivity index (χ3v) is 5.18. The van der Waals surface area contributed by atoms with Crippen molar-refractivity contribution < 1.29 is 4.74 Å². The number of piperidine rings is 1. The van der Waals surface area contributed by atoms with Crippen LogP contribution in [0.15, 0.2) is 30.7 Å². The molecule has 0 radical (unpaired) electrons. The summed E-state index contributed by atoms with van der Waals surface area (Å²) in [5.74, 6) is 0.932. The van der Waals surface area contributed by atoms with Gasteiger partial charge in [0, 0.05) is 13.1 Å². The number of benzene rings is 1. The van der Waals surface area contributed by atoms with Crippen LogP contribution in [0.25, 0.3) is 11.0 Å². The Morgan fingerprint density at radius 2 is 2.00 bits per heavy atom. The van der Waals surface area contributed by atoms with Crippen molar-refractivity contribution >= 4 is 40.1 Å². The minimum atomic E-state index is 0.229. The molecule has 25 heavy (non-hydrogen) atoms. The summed E-state index contributed by atoms with van der Waals surface area (Å²) in [6.45, 7) is 2.33. The fraction of sp³-hybridized carbons (Fsp3) is 0.353. The Bertz CT molecular complexity index is 876. The molecule has 6 nitrogen and oxygen atoms in total. The van der Waals surface area contributed by atoms with Crippen molar-refractivity contribution in [2.75, 3.05) is 18.0 Å². The normalized spacial score (nSPS) is 15.8. The summed E-state index contributed by atoms with van der Waals surface area (Å²) in [4.78, 5) is 10.9. The number of nitrogens with zero attached hydrogens (tertiary/aromatic N) is 4. The molecule has 3 aromatic rings. The summed E-state index contributed by atoms with van der Waals surface area (Å²) >= 11 is 12.0. The highest BCUT2D eigenvalue weighted by Crippen LogP contribution is 2.26. The first-order chi connectivity index (χ1) is 12.2. The Kier molecular flexibility index (Phi) is 4.74. The number of hydrogen-bond donors (Lipinski definition) is 1. The van der Waals surface area contributed by atoms with E-state index in [1.54, 1.807) is 18.6 Å². The first-order valence-electron chi connectivity index (χ1n) is 8.15. The second-order valence-corrected chi connectivity index (χ2v) is 6.89. The van der Waals surface area contributed by atoms with Gasteiger partial charge in [0.15, 0.2) is 5.65 Å². The molecule has 1 fully saturated rings. The lowest BCUT2D eigenvalue weighted by molar-refractivity contribution is 0.0251. The summed E-state index contributed by atoms with van der Waals surface area (Å²) in [5, 5.41) is 9.01. The topological polar surface area (TPSA) is 66.9 Å². The predicted octanol–water partition coefficient (Wildman–Crippen LogP) is 3.85. The zero-order valence-corrected chi connectivity index (χ0v) is 15.0. The largest absolute Gasteiger partial charge is 0.373 e. The lowest BCUT2D eigenvalue weighted by Crippen LogP contribution is -2.37. The summed E-state index contributed by atoms with van der Waals surface area (Å²) in [5.41, 5.74) is 1.80. The molecule has 1 N–H and O–H groups in total. The van der Waals surface area contributed by atoms with Crippen molar-refractivity contribution in [2.24, 2.45) is 0 Å². The molecule has 130 valence electrons. The number of rotatable bonds is 4. The van der Waals surface area contributed by atoms with Crippen LogP contribution in [0.2, 0.25) is 10.0 Å². The van der Waals surface area contributed by atoms with E-state index in [0.717, 1.165) is 48.3 Å². The van der Waals surface area contributed by atoms with Crippen molar-refractivity contribution in [3.05, 3.63) is 46.3 Å². The zero-order chi connectivity index (χ0) is 17.2. The van der Waals surface area contributed by atoms with Crippen LogP contribution >= 0.6 is 23.2 Å². The van der Waals surface area contributed by atoms with Gasteiger partial charge in [-0.2, -0.15) is 5.10 Å². The molecule has 4 rings (SSSR count). The van der Waals surface area contributed by atoms with Crippen LogP contribution < -0.4 is 4.90 Å². The Labute approximate surface area is 155 Å². The number of aromatic amines is 1. The molecular weight excluding hydrogens is 361 g/mol. The van der Waals surface area contributed by atoms with E-state index < -0.39 is 0 Å². The lowest BCUT2D eigenvalue weighted by atomic mass is 10.1. The van der Waals surface area contributed by atoms with Crippen molar-refractivity contribution in [1.82, 2.24) is 20.2 Å². The summed E-state index contributed by atoms with van der Waals surface area (Å²) in [6.07, 6.45) is 5.47. The smallest absolute Gasteiger partial charge is 0.160 e. The summed E-state index contributed by atoms with van der Waals surface area (Å²) in [6, 6.07) is 5.60. The highest BCUT2D eigenvalue weighted by Gasteiger charge is 2.22. The third kappa shape index (κ3) is 3.56. The maximum atomic E-state index is 6.05. The quantitative estimate of drug-likeness (QED) is 0.747. The fourth-order valence-electron chi connectivity index (χ4n) is 3.08. The van der Waals surface area contributed by atoms with E-state index in [2.05, 4.69) is 25.1 Å². The molecule has 0 spiro atoms. The molecule has 1 aliphatic rings. The van der Waals surface area contributed by atoms with Gasteiger partial charge >= 0.3 is 0 Å². The maximum absolute atomic E-state index is 6.05. The number of nitrogens with one attached hydrogen (secondary N) is 1. The van der Waals surface area contributed by atoms with Crippen LogP contribution in [0, 0.1) is 0 Å². The van der Waals surface area contributed by atoms with Gasteiger partial charge in [0.05, 0.1) is 34.3 Å². The van der Waals surface area contributed by atoms with Crippen LogP contribution in [0.3, 0.4) is 0 Å². The molecule has 1 saturated heterocycles. The number of H-pyrrole nitrogens is 1. The van der Waals surface area contributed by atoms with E-state index >= 15 is 0 Å². The van der Waals surface area contributed by atoms with Crippen molar-refractivity contribution in [3.63, 3.8) is 0 Å². The average molecular weight is 378 g/mol. The van der Waals surface area contributed by atoms with Gasteiger partial charge in [-0.05, 0) is 30.5 Å². The SMILES string of the molecule is Clc1ccc(COC2CCN(c3ncnc4[nH]ncc34)CC2)cc1Cl. The Balaban J connectivity index is 1.35. The zero-order valence-electron chi connectivity index (χ0n) is 13.5. The molecule has 1 aliphatic heterocycles. The molecule has 3 heterocycles. The maximum Gasteiger partial charge on any atom is 0.160 e. The molecule has 2 aromatic heterocycles. The number of anilines is 1. The third-order valence-electron chi connectivity index (χ3n) is 4.44. The minimum Gasteiger partial charge on any atom is -0.373 e. The molecule has 0 amide bonds. The second kappa shape index (κ2) is 7.15. The van der Waals surface area contributed by atoms with E-state index in [1.165, 1.54) is 0 Å². The van der Waals surface area contributed by atoms with E-state index in [-0.39, 0.29) is 6.10 Å². The van der Waals surface area contributed by atoms with Gasteiger partial charge in [-0.1, -0.05) is 29.3 Å².